The number of carbonyl (C=O) groups is 4. The van der Waals surface area contributed by atoms with E-state index >= 15 is 0 Å². The smallest absolute Gasteiger partial charge is 0.415 e. The molecule has 0 aromatic rings. The highest BCUT2D eigenvalue weighted by Gasteiger charge is 2.36. The van der Waals surface area contributed by atoms with Gasteiger partial charge in [-0.1, -0.05) is 0 Å². The number of esters is 3. The van der Waals surface area contributed by atoms with Gasteiger partial charge in [0, 0.05) is 5.70 Å². The van der Waals surface area contributed by atoms with Crippen LogP contribution >= 0.6 is 0 Å². The van der Waals surface area contributed by atoms with Crippen LogP contribution in [0.25, 0.3) is 0 Å². The van der Waals surface area contributed by atoms with Gasteiger partial charge in [0.05, 0.1) is 19.8 Å². The predicted molar refractivity (Wildman–Crippen MR) is 100 cm³/mol. The van der Waals surface area contributed by atoms with Crippen LogP contribution in [0, 0.1) is 0 Å². The summed E-state index contributed by atoms with van der Waals surface area (Å²) < 4.78 is 20.1. The molecule has 1 atom stereocenters. The molecule has 1 amide bonds. The van der Waals surface area contributed by atoms with Crippen molar-refractivity contribution in [3.63, 3.8) is 0 Å². The Morgan fingerprint density at radius 1 is 0.857 bits per heavy atom. The van der Waals surface area contributed by atoms with E-state index in [-0.39, 0.29) is 25.5 Å². The first-order chi connectivity index (χ1) is 12.9. The minimum Gasteiger partial charge on any atom is -0.464 e. The van der Waals surface area contributed by atoms with Crippen LogP contribution < -0.4 is 0 Å². The van der Waals surface area contributed by atoms with E-state index in [1.807, 2.05) is 0 Å². The quantitative estimate of drug-likeness (QED) is 0.201. The average molecular weight is 401 g/mol. The number of amides is 1. The maximum atomic E-state index is 12.8. The van der Waals surface area contributed by atoms with E-state index < -0.39 is 41.2 Å². The zero-order valence-corrected chi connectivity index (χ0v) is 17.9. The first-order valence-corrected chi connectivity index (χ1v) is 9.15. The first kappa shape index (κ1) is 25.4. The van der Waals surface area contributed by atoms with Gasteiger partial charge in [0.15, 0.2) is 5.57 Å². The van der Waals surface area contributed by atoms with Crippen molar-refractivity contribution in [1.82, 2.24) is 4.90 Å². The molecule has 0 saturated carbocycles. The molecule has 0 N–H and O–H groups in total. The molecule has 0 saturated heterocycles. The van der Waals surface area contributed by atoms with Crippen molar-refractivity contribution in [2.75, 3.05) is 19.8 Å². The van der Waals surface area contributed by atoms with E-state index in [0.29, 0.717) is 0 Å². The van der Waals surface area contributed by atoms with Crippen LogP contribution in [0.2, 0.25) is 0 Å². The molecule has 0 fully saturated rings. The third-order valence-corrected chi connectivity index (χ3v) is 3.29. The molecule has 9 nitrogen and oxygen atoms in total. The summed E-state index contributed by atoms with van der Waals surface area (Å²) in [5.74, 6) is -2.66. The van der Waals surface area contributed by atoms with Gasteiger partial charge in [-0.15, -0.1) is 0 Å². The minimum absolute atomic E-state index is 0.00882. The third kappa shape index (κ3) is 7.58. The molecule has 0 radical (unpaired) electrons. The molecule has 0 rings (SSSR count). The van der Waals surface area contributed by atoms with Crippen LogP contribution in [0.15, 0.2) is 11.3 Å². The lowest BCUT2D eigenvalue weighted by atomic mass is 10.1. The Balaban J connectivity index is 6.38. The topological polar surface area (TPSA) is 108 Å². The lowest BCUT2D eigenvalue weighted by Crippen LogP contribution is -2.46. The largest absolute Gasteiger partial charge is 0.464 e. The second-order valence-corrected chi connectivity index (χ2v) is 6.68. The summed E-state index contributed by atoms with van der Waals surface area (Å²) in [5.41, 5.74) is -1.50. The number of nitrogens with zero attached hydrogens (tertiary/aromatic N) is 1. The summed E-state index contributed by atoms with van der Waals surface area (Å²) in [6, 6.07) is -1.16. The zero-order chi connectivity index (χ0) is 22.1. The fourth-order valence-corrected chi connectivity index (χ4v) is 2.17. The van der Waals surface area contributed by atoms with Crippen molar-refractivity contribution in [3.8, 4) is 0 Å². The van der Waals surface area contributed by atoms with Crippen molar-refractivity contribution in [1.29, 1.82) is 0 Å². The predicted octanol–water partition coefficient (Wildman–Crippen LogP) is 2.58. The van der Waals surface area contributed by atoms with Crippen molar-refractivity contribution in [2.24, 2.45) is 0 Å². The molecule has 0 heterocycles. The zero-order valence-electron chi connectivity index (χ0n) is 17.9. The number of hydrogen-bond donors (Lipinski definition) is 0. The first-order valence-electron chi connectivity index (χ1n) is 9.15. The number of hydrogen-bond acceptors (Lipinski definition) is 8. The molecular weight excluding hydrogens is 370 g/mol. The second-order valence-electron chi connectivity index (χ2n) is 6.68. The molecule has 28 heavy (non-hydrogen) atoms. The SMILES string of the molecule is CCOC(=O)C(C(=O)OCC)=C(C)N(C(=O)OC(C)(C)C)[C@@H](C)C(=O)OCC. The van der Waals surface area contributed by atoms with Gasteiger partial charge >= 0.3 is 24.0 Å². The van der Waals surface area contributed by atoms with Crippen molar-refractivity contribution in [2.45, 2.75) is 67.0 Å². The fourth-order valence-electron chi connectivity index (χ4n) is 2.17. The summed E-state index contributed by atoms with van der Waals surface area (Å²) >= 11 is 0. The van der Waals surface area contributed by atoms with E-state index in [4.69, 9.17) is 18.9 Å². The summed E-state index contributed by atoms with van der Waals surface area (Å²) in [6.45, 7) is 12.6. The Hall–Kier alpha value is -2.58. The van der Waals surface area contributed by atoms with Gasteiger partial charge in [0.25, 0.3) is 0 Å². The van der Waals surface area contributed by atoms with Gasteiger partial charge < -0.3 is 18.9 Å². The lowest BCUT2D eigenvalue weighted by molar-refractivity contribution is -0.150. The van der Waals surface area contributed by atoms with Crippen LogP contribution in [0.1, 0.15) is 55.4 Å². The lowest BCUT2D eigenvalue weighted by Gasteiger charge is -2.31. The molecule has 0 aliphatic rings. The summed E-state index contributed by atoms with van der Waals surface area (Å²) in [4.78, 5) is 50.6. The molecule has 0 aliphatic carbocycles. The number of rotatable bonds is 8. The molecule has 0 bridgehead atoms. The van der Waals surface area contributed by atoms with Gasteiger partial charge in [-0.25, -0.2) is 19.2 Å². The summed E-state index contributed by atoms with van der Waals surface area (Å²) in [7, 11) is 0. The highest BCUT2D eigenvalue weighted by molar-refractivity contribution is 6.15. The van der Waals surface area contributed by atoms with Crippen LogP contribution in [-0.2, 0) is 33.3 Å². The van der Waals surface area contributed by atoms with Crippen molar-refractivity contribution < 1.29 is 38.1 Å². The summed E-state index contributed by atoms with van der Waals surface area (Å²) in [6.07, 6.45) is -0.920. The van der Waals surface area contributed by atoms with E-state index in [0.717, 1.165) is 4.90 Å². The molecule has 9 heteroatoms. The monoisotopic (exact) mass is 401 g/mol. The van der Waals surface area contributed by atoms with Crippen LogP contribution in [0.3, 0.4) is 0 Å². The Labute approximate surface area is 165 Å². The van der Waals surface area contributed by atoms with Gasteiger partial charge in [-0.2, -0.15) is 0 Å². The Morgan fingerprint density at radius 2 is 1.29 bits per heavy atom. The number of allylic oxidation sites excluding steroid dienone is 1. The Kier molecular flexibility index (Phi) is 10.3. The molecule has 0 spiro atoms. The molecule has 0 unspecified atom stereocenters. The van der Waals surface area contributed by atoms with Crippen molar-refractivity contribution in [3.05, 3.63) is 11.3 Å². The molecule has 0 aliphatic heterocycles. The minimum atomic E-state index is -1.16. The number of carbonyl (C=O) groups excluding carboxylic acids is 4. The fraction of sp³-hybridized carbons (Fsp3) is 0.684. The Bertz CT molecular complexity index is 598. The second kappa shape index (κ2) is 11.3. The molecule has 160 valence electrons. The van der Waals surface area contributed by atoms with Gasteiger partial charge in [-0.05, 0) is 55.4 Å². The molecule has 0 aromatic heterocycles. The van der Waals surface area contributed by atoms with Crippen LogP contribution in [-0.4, -0.2) is 60.4 Å². The normalized spacial score (nSPS) is 11.7. The van der Waals surface area contributed by atoms with Crippen molar-refractivity contribution >= 4 is 24.0 Å². The maximum Gasteiger partial charge on any atom is 0.415 e. The van der Waals surface area contributed by atoms with Gasteiger partial charge in [-0.3, -0.25) is 4.90 Å². The van der Waals surface area contributed by atoms with E-state index in [2.05, 4.69) is 0 Å². The molecular formula is C19H31NO8. The van der Waals surface area contributed by atoms with E-state index in [9.17, 15) is 19.2 Å². The molecule has 0 aromatic carbocycles. The maximum absolute atomic E-state index is 12.8. The van der Waals surface area contributed by atoms with Gasteiger partial charge in [0.2, 0.25) is 0 Å². The third-order valence-electron chi connectivity index (χ3n) is 3.29. The van der Waals surface area contributed by atoms with Crippen LogP contribution in [0.4, 0.5) is 4.79 Å². The standard InChI is InChI=1S/C19H31NO8/c1-9-25-15(21)13(5)20(18(24)28-19(6,7)8)12(4)14(16(22)26-10-2)17(23)27-11-3/h13H,9-11H2,1-8H3/t13-/m0/s1. The summed E-state index contributed by atoms with van der Waals surface area (Å²) in [5, 5.41) is 0. The van der Waals surface area contributed by atoms with E-state index in [1.54, 1.807) is 41.5 Å². The average Bonchev–Trinajstić information content (AvgIpc) is 2.54. The highest BCUT2D eigenvalue weighted by atomic mass is 16.6. The Morgan fingerprint density at radius 3 is 1.64 bits per heavy atom. The van der Waals surface area contributed by atoms with Gasteiger partial charge in [0.1, 0.15) is 11.6 Å². The highest BCUT2D eigenvalue weighted by Crippen LogP contribution is 2.21. The van der Waals surface area contributed by atoms with E-state index in [1.165, 1.54) is 13.8 Å². The number of ether oxygens (including phenoxy) is 4. The van der Waals surface area contributed by atoms with Crippen LogP contribution in [0.5, 0.6) is 0 Å².